The lowest BCUT2D eigenvalue weighted by Crippen LogP contribution is -2.58. The van der Waals surface area contributed by atoms with E-state index in [1.807, 2.05) is 0 Å². The van der Waals surface area contributed by atoms with Gasteiger partial charge in [0.05, 0.1) is 25.7 Å². The molecule has 1 fully saturated rings. The summed E-state index contributed by atoms with van der Waals surface area (Å²) < 4.78 is 44.1. The minimum Gasteiger partial charge on any atom is -0.382 e. The van der Waals surface area contributed by atoms with Gasteiger partial charge in [-0.15, -0.1) is 0 Å². The van der Waals surface area contributed by atoms with E-state index in [0.29, 0.717) is 17.7 Å². The summed E-state index contributed by atoms with van der Waals surface area (Å²) in [7, 11) is 3.17. The number of rotatable bonds is 6. The second kappa shape index (κ2) is 14.0. The van der Waals surface area contributed by atoms with E-state index < -0.39 is 31.1 Å². The molecule has 1 aromatic heterocycles. The first-order chi connectivity index (χ1) is 15.3. The number of nitrogens with two attached hydrogens (primary N) is 1. The summed E-state index contributed by atoms with van der Waals surface area (Å²) in [4.78, 5) is 26.1. The van der Waals surface area contributed by atoms with Gasteiger partial charge in [-0.25, -0.2) is 22.9 Å². The summed E-state index contributed by atoms with van der Waals surface area (Å²) in [5.41, 5.74) is 5.34. The minimum absolute atomic E-state index is 0.122. The number of ether oxygens (including phenoxy) is 1. The van der Waals surface area contributed by atoms with E-state index in [0.717, 1.165) is 4.90 Å². The van der Waals surface area contributed by atoms with Crippen LogP contribution in [0.5, 0.6) is 0 Å². The second-order valence-electron chi connectivity index (χ2n) is 6.54. The van der Waals surface area contributed by atoms with E-state index in [2.05, 4.69) is 21.4 Å². The van der Waals surface area contributed by atoms with Crippen LogP contribution in [0.1, 0.15) is 11.6 Å². The van der Waals surface area contributed by atoms with Crippen molar-refractivity contribution in [1.29, 1.82) is 0 Å². The number of carbonyl (C=O) groups is 2. The van der Waals surface area contributed by atoms with E-state index in [9.17, 15) is 18.0 Å². The van der Waals surface area contributed by atoms with Gasteiger partial charge >= 0.3 is 6.03 Å². The first-order valence-electron chi connectivity index (χ1n) is 9.67. The first kappa shape index (κ1) is 26.9. The highest BCUT2D eigenvalue weighted by Gasteiger charge is 2.42. The molecule has 0 aliphatic carbocycles. The fourth-order valence-corrected chi connectivity index (χ4v) is 2.66. The van der Waals surface area contributed by atoms with Crippen molar-refractivity contribution in [3.05, 3.63) is 60.0 Å². The second-order valence-corrected chi connectivity index (χ2v) is 6.54. The predicted octanol–water partition coefficient (Wildman–Crippen LogP) is 2.44. The lowest BCUT2D eigenvalue weighted by molar-refractivity contribution is -0.106. The topological polar surface area (TPSA) is 110 Å². The zero-order chi connectivity index (χ0) is 24.0. The van der Waals surface area contributed by atoms with E-state index in [1.165, 1.54) is 19.2 Å². The number of benzene rings is 1. The highest BCUT2D eigenvalue weighted by molar-refractivity contribution is 5.76. The highest BCUT2D eigenvalue weighted by atomic mass is 19.3. The maximum Gasteiger partial charge on any atom is 0.318 e. The number of aldehydes is 1. The van der Waals surface area contributed by atoms with Crippen LogP contribution in [0.2, 0.25) is 0 Å². The Hall–Kier alpha value is -3.18. The van der Waals surface area contributed by atoms with Crippen LogP contribution >= 0.6 is 0 Å². The quantitative estimate of drug-likeness (QED) is 0.578. The Morgan fingerprint density at radius 2 is 2.00 bits per heavy atom. The van der Waals surface area contributed by atoms with E-state index >= 15 is 0 Å². The van der Waals surface area contributed by atoms with Gasteiger partial charge in [0, 0.05) is 26.9 Å². The number of anilines is 1. The Bertz CT molecular complexity index is 827. The molecule has 0 radical (unpaired) electrons. The van der Waals surface area contributed by atoms with Crippen LogP contribution in [0.4, 0.5) is 23.8 Å². The minimum atomic E-state index is -2.96. The van der Waals surface area contributed by atoms with Gasteiger partial charge in [-0.1, -0.05) is 18.2 Å². The molecular weight excluding hydrogens is 427 g/mol. The normalized spacial score (nSPS) is 15.2. The summed E-state index contributed by atoms with van der Waals surface area (Å²) in [6.45, 7) is -1.01. The average Bonchev–Trinajstić information content (AvgIpc) is 2.80. The van der Waals surface area contributed by atoms with Crippen LogP contribution in [-0.4, -0.2) is 68.5 Å². The summed E-state index contributed by atoms with van der Waals surface area (Å²) >= 11 is 0. The molecule has 0 spiro atoms. The largest absolute Gasteiger partial charge is 0.382 e. The molecule has 0 saturated carbocycles. The van der Waals surface area contributed by atoms with E-state index in [4.69, 9.17) is 9.53 Å². The third-order valence-electron chi connectivity index (χ3n) is 4.12. The molecular formula is C21H28F3N5O3. The number of hydrogen-bond acceptors (Lipinski definition) is 6. The zero-order valence-corrected chi connectivity index (χ0v) is 17.9. The molecule has 176 valence electrons. The van der Waals surface area contributed by atoms with Crippen molar-refractivity contribution >= 4 is 18.1 Å². The first-order valence-corrected chi connectivity index (χ1v) is 9.67. The smallest absolute Gasteiger partial charge is 0.318 e. The van der Waals surface area contributed by atoms with Crippen molar-refractivity contribution in [3.63, 3.8) is 0 Å². The number of urea groups is 1. The third kappa shape index (κ3) is 9.31. The Morgan fingerprint density at radius 1 is 1.34 bits per heavy atom. The molecule has 11 heteroatoms. The Kier molecular flexibility index (Phi) is 11.7. The average molecular weight is 455 g/mol. The summed E-state index contributed by atoms with van der Waals surface area (Å²) in [5.74, 6) is -2.54. The van der Waals surface area contributed by atoms with Gasteiger partial charge in [-0.05, 0) is 29.8 Å². The van der Waals surface area contributed by atoms with Crippen LogP contribution in [0, 0.1) is 5.82 Å². The maximum atomic E-state index is 13.6. The number of halogens is 3. The van der Waals surface area contributed by atoms with Gasteiger partial charge in [0.15, 0.2) is 0 Å². The van der Waals surface area contributed by atoms with Gasteiger partial charge in [-0.3, -0.25) is 0 Å². The number of pyridine rings is 1. The number of carbonyl (C=O) groups excluding carboxylic acids is 2. The monoisotopic (exact) mass is 455 g/mol. The van der Waals surface area contributed by atoms with Crippen molar-refractivity contribution in [2.75, 3.05) is 45.7 Å². The molecule has 0 bridgehead atoms. The standard InChI is InChI=1S/C13H18F2N4O2.C6H5F.C2H5NO/c1-16-11-5-9(3-4-17-11)10(6-21-2)19-8-13(14,15)7-18-12(19)20;7-6-4-2-1-3-5-6;3-1-2-4/h3-5,10H,6-8H2,1-2H3,(H,16,17)(H,18,20);1-5H;2H,1,3H2. The molecule has 2 aromatic rings. The van der Waals surface area contributed by atoms with Crippen molar-refractivity contribution in [3.8, 4) is 0 Å². The summed E-state index contributed by atoms with van der Waals surface area (Å²) in [6, 6.07) is 10.2. The van der Waals surface area contributed by atoms with Gasteiger partial charge in [-0.2, -0.15) is 0 Å². The van der Waals surface area contributed by atoms with Crippen LogP contribution < -0.4 is 16.4 Å². The molecule has 4 N–H and O–H groups in total. The Morgan fingerprint density at radius 3 is 2.50 bits per heavy atom. The molecule has 2 amide bonds. The lowest BCUT2D eigenvalue weighted by atomic mass is 10.1. The fourth-order valence-electron chi connectivity index (χ4n) is 2.66. The molecule has 1 atom stereocenters. The predicted molar refractivity (Wildman–Crippen MR) is 115 cm³/mol. The SMILES string of the molecule is CNc1cc(C(COC)N2CC(F)(F)CNC2=O)ccn1.Fc1ccccc1.NCC=O. The molecule has 1 aromatic carbocycles. The van der Waals surface area contributed by atoms with Gasteiger partial charge in [0.2, 0.25) is 0 Å². The van der Waals surface area contributed by atoms with Crippen LogP contribution in [0.3, 0.4) is 0 Å². The Labute approximate surface area is 184 Å². The molecule has 2 heterocycles. The summed E-state index contributed by atoms with van der Waals surface area (Å²) in [6.07, 6.45) is 2.21. The molecule has 1 aliphatic rings. The number of aromatic nitrogens is 1. The number of hydrogen-bond donors (Lipinski definition) is 3. The Balaban J connectivity index is 0.000000382. The zero-order valence-electron chi connectivity index (χ0n) is 17.9. The highest BCUT2D eigenvalue weighted by Crippen LogP contribution is 2.28. The number of amides is 2. The van der Waals surface area contributed by atoms with Gasteiger partial charge in [0.25, 0.3) is 5.92 Å². The van der Waals surface area contributed by atoms with Crippen molar-refractivity contribution in [1.82, 2.24) is 15.2 Å². The van der Waals surface area contributed by atoms with Crippen LogP contribution in [0.25, 0.3) is 0 Å². The maximum absolute atomic E-state index is 13.6. The van der Waals surface area contributed by atoms with E-state index in [1.54, 1.807) is 43.6 Å². The van der Waals surface area contributed by atoms with Crippen LogP contribution in [-0.2, 0) is 9.53 Å². The van der Waals surface area contributed by atoms with Gasteiger partial charge in [0.1, 0.15) is 17.9 Å². The molecule has 3 rings (SSSR count). The van der Waals surface area contributed by atoms with Crippen molar-refractivity contribution in [2.45, 2.75) is 12.0 Å². The fraction of sp³-hybridized carbons (Fsp3) is 0.381. The molecule has 1 unspecified atom stereocenters. The van der Waals surface area contributed by atoms with Gasteiger partial charge < -0.3 is 30.8 Å². The van der Waals surface area contributed by atoms with Crippen molar-refractivity contribution < 1.29 is 27.5 Å². The molecule has 1 aliphatic heterocycles. The lowest BCUT2D eigenvalue weighted by Gasteiger charge is -2.38. The van der Waals surface area contributed by atoms with E-state index in [-0.39, 0.29) is 19.0 Å². The molecule has 8 nitrogen and oxygen atoms in total. The van der Waals surface area contributed by atoms with Crippen LogP contribution in [0.15, 0.2) is 48.7 Å². The molecule has 32 heavy (non-hydrogen) atoms. The van der Waals surface area contributed by atoms with Crippen molar-refractivity contribution in [2.24, 2.45) is 5.73 Å². The number of alkyl halides is 2. The number of methoxy groups -OCH3 is 1. The number of nitrogens with zero attached hydrogens (tertiary/aromatic N) is 2. The number of nitrogens with one attached hydrogen (secondary N) is 2. The summed E-state index contributed by atoms with van der Waals surface area (Å²) in [5, 5.41) is 5.09. The molecule has 1 saturated heterocycles. The third-order valence-corrected chi connectivity index (χ3v) is 4.12.